The number of pyridine rings is 1. The van der Waals surface area contributed by atoms with Crippen LogP contribution in [0.15, 0.2) is 97.2 Å². The van der Waals surface area contributed by atoms with Crippen LogP contribution in [0.2, 0.25) is 0 Å². The lowest BCUT2D eigenvalue weighted by Crippen LogP contribution is -2.13. The Bertz CT molecular complexity index is 1200. The molecular weight excluding hydrogens is 406 g/mol. The highest BCUT2D eigenvalue weighted by Gasteiger charge is 2.13. The van der Waals surface area contributed by atoms with E-state index in [2.05, 4.69) is 53.7 Å². The molecule has 33 heavy (non-hydrogen) atoms. The molecule has 0 aliphatic carbocycles. The molecule has 0 atom stereocenters. The summed E-state index contributed by atoms with van der Waals surface area (Å²) in [5, 5.41) is 6.44. The number of nitrogens with zero attached hydrogens (tertiary/aromatic N) is 1. The summed E-state index contributed by atoms with van der Waals surface area (Å²) in [6, 6.07) is 29.9. The summed E-state index contributed by atoms with van der Waals surface area (Å²) < 4.78 is 0. The van der Waals surface area contributed by atoms with Gasteiger partial charge in [-0.15, -0.1) is 0 Å². The predicted molar refractivity (Wildman–Crippen MR) is 137 cm³/mol. The van der Waals surface area contributed by atoms with Crippen molar-refractivity contribution in [2.45, 2.75) is 26.2 Å². The first-order valence-corrected chi connectivity index (χ1v) is 11.3. The molecule has 3 aromatic carbocycles. The van der Waals surface area contributed by atoms with Crippen LogP contribution in [0.3, 0.4) is 0 Å². The molecule has 0 radical (unpaired) electrons. The third-order valence-electron chi connectivity index (χ3n) is 5.62. The molecule has 1 amide bonds. The van der Waals surface area contributed by atoms with Crippen LogP contribution in [0, 0.1) is 0 Å². The average Bonchev–Trinajstić information content (AvgIpc) is 2.86. The number of rotatable bonds is 8. The lowest BCUT2D eigenvalue weighted by atomic mass is 9.94. The van der Waals surface area contributed by atoms with Gasteiger partial charge in [-0.2, -0.15) is 0 Å². The van der Waals surface area contributed by atoms with E-state index >= 15 is 0 Å². The molecule has 1 aromatic heterocycles. The van der Waals surface area contributed by atoms with Crippen molar-refractivity contribution >= 4 is 17.3 Å². The van der Waals surface area contributed by atoms with E-state index in [4.69, 9.17) is 0 Å². The van der Waals surface area contributed by atoms with Crippen LogP contribution in [0.4, 0.5) is 11.4 Å². The van der Waals surface area contributed by atoms with E-state index in [1.807, 2.05) is 72.9 Å². The number of hydrogen-bond donors (Lipinski definition) is 2. The Morgan fingerprint density at radius 3 is 2.36 bits per heavy atom. The molecular formula is C29H29N3O. The van der Waals surface area contributed by atoms with Crippen molar-refractivity contribution in [2.75, 3.05) is 17.2 Å². The highest BCUT2D eigenvalue weighted by molar-refractivity contribution is 6.08. The first kappa shape index (κ1) is 22.3. The highest BCUT2D eigenvalue weighted by atomic mass is 16.1. The minimum absolute atomic E-state index is 0.114. The van der Waals surface area contributed by atoms with Crippen molar-refractivity contribution in [1.82, 2.24) is 4.98 Å². The van der Waals surface area contributed by atoms with E-state index in [0.29, 0.717) is 11.5 Å². The molecule has 2 N–H and O–H groups in total. The lowest BCUT2D eigenvalue weighted by molar-refractivity contribution is 0.102. The van der Waals surface area contributed by atoms with Gasteiger partial charge in [0.15, 0.2) is 0 Å². The Morgan fingerprint density at radius 2 is 1.61 bits per heavy atom. The van der Waals surface area contributed by atoms with Gasteiger partial charge in [-0.1, -0.05) is 62.4 Å². The number of amides is 1. The Labute approximate surface area is 195 Å². The first-order chi connectivity index (χ1) is 16.1. The summed E-state index contributed by atoms with van der Waals surface area (Å²) in [5.74, 6) is 0.318. The summed E-state index contributed by atoms with van der Waals surface area (Å²) >= 11 is 0. The quantitative estimate of drug-likeness (QED) is 0.321. The maximum Gasteiger partial charge on any atom is 0.256 e. The zero-order chi connectivity index (χ0) is 23.0. The fourth-order valence-corrected chi connectivity index (χ4v) is 3.75. The second-order valence-corrected chi connectivity index (χ2v) is 8.36. The van der Waals surface area contributed by atoms with Gasteiger partial charge in [0.2, 0.25) is 0 Å². The fraction of sp³-hybridized carbons (Fsp3) is 0.172. The first-order valence-electron chi connectivity index (χ1n) is 11.3. The van der Waals surface area contributed by atoms with Gasteiger partial charge in [0.1, 0.15) is 0 Å². The summed E-state index contributed by atoms with van der Waals surface area (Å²) in [4.78, 5) is 17.4. The molecule has 0 saturated heterocycles. The minimum Gasteiger partial charge on any atom is -0.385 e. The van der Waals surface area contributed by atoms with E-state index in [1.54, 1.807) is 0 Å². The lowest BCUT2D eigenvalue weighted by Gasteiger charge is -2.13. The standard InChI is InChI=1S/C29H29N3O/c1-21(2)22-8-7-9-23(20-22)27-11-3-4-12-28(27)29(33)32-26-15-13-25(14-16-26)31-19-17-24-10-5-6-18-30-24/h3-16,18,20-21,31H,17,19H2,1-2H3,(H,32,33). The molecule has 0 aliphatic rings. The van der Waals surface area contributed by atoms with Crippen molar-refractivity contribution in [3.05, 3.63) is 114 Å². The number of carbonyl (C=O) groups is 1. The van der Waals surface area contributed by atoms with Crippen molar-refractivity contribution in [1.29, 1.82) is 0 Å². The van der Waals surface area contributed by atoms with Crippen LogP contribution in [-0.4, -0.2) is 17.4 Å². The van der Waals surface area contributed by atoms with Crippen LogP contribution < -0.4 is 10.6 Å². The maximum absolute atomic E-state index is 13.1. The number of nitrogens with one attached hydrogen (secondary N) is 2. The Balaban J connectivity index is 1.42. The summed E-state index contributed by atoms with van der Waals surface area (Å²) in [6.45, 7) is 5.15. The van der Waals surface area contributed by atoms with Gasteiger partial charge in [-0.25, -0.2) is 0 Å². The topological polar surface area (TPSA) is 54.0 Å². The second-order valence-electron chi connectivity index (χ2n) is 8.36. The molecule has 4 aromatic rings. The van der Waals surface area contributed by atoms with Gasteiger partial charge in [0.25, 0.3) is 5.91 Å². The minimum atomic E-state index is -0.114. The number of benzene rings is 3. The molecule has 4 rings (SSSR count). The average molecular weight is 436 g/mol. The van der Waals surface area contributed by atoms with E-state index in [0.717, 1.165) is 41.2 Å². The fourth-order valence-electron chi connectivity index (χ4n) is 3.75. The number of anilines is 2. The highest BCUT2D eigenvalue weighted by Crippen LogP contribution is 2.27. The van der Waals surface area contributed by atoms with Crippen LogP contribution in [0.5, 0.6) is 0 Å². The summed E-state index contributed by atoms with van der Waals surface area (Å²) in [7, 11) is 0. The third kappa shape index (κ3) is 5.86. The van der Waals surface area contributed by atoms with Crippen molar-refractivity contribution in [3.8, 4) is 11.1 Å². The monoisotopic (exact) mass is 435 g/mol. The van der Waals surface area contributed by atoms with E-state index in [9.17, 15) is 4.79 Å². The number of aromatic nitrogens is 1. The molecule has 1 heterocycles. The zero-order valence-electron chi connectivity index (χ0n) is 19.1. The molecule has 0 aliphatic heterocycles. The van der Waals surface area contributed by atoms with E-state index in [1.165, 1.54) is 5.56 Å². The van der Waals surface area contributed by atoms with Crippen molar-refractivity contribution < 1.29 is 4.79 Å². The molecule has 0 unspecified atom stereocenters. The van der Waals surface area contributed by atoms with E-state index < -0.39 is 0 Å². The van der Waals surface area contributed by atoms with Gasteiger partial charge in [-0.3, -0.25) is 9.78 Å². The van der Waals surface area contributed by atoms with Gasteiger partial charge in [0, 0.05) is 41.8 Å². The molecule has 0 spiro atoms. The van der Waals surface area contributed by atoms with Gasteiger partial charge in [-0.05, 0) is 65.1 Å². The zero-order valence-corrected chi connectivity index (χ0v) is 19.1. The van der Waals surface area contributed by atoms with E-state index in [-0.39, 0.29) is 5.91 Å². The van der Waals surface area contributed by atoms with Crippen LogP contribution in [0.25, 0.3) is 11.1 Å². The smallest absolute Gasteiger partial charge is 0.256 e. The largest absolute Gasteiger partial charge is 0.385 e. The van der Waals surface area contributed by atoms with Crippen LogP contribution in [0.1, 0.15) is 41.4 Å². The Hall–Kier alpha value is -3.92. The number of hydrogen-bond acceptors (Lipinski definition) is 3. The maximum atomic E-state index is 13.1. The molecule has 4 nitrogen and oxygen atoms in total. The Morgan fingerprint density at radius 1 is 0.848 bits per heavy atom. The normalized spacial score (nSPS) is 10.8. The van der Waals surface area contributed by atoms with Crippen molar-refractivity contribution in [3.63, 3.8) is 0 Å². The molecule has 166 valence electrons. The van der Waals surface area contributed by atoms with Crippen LogP contribution in [-0.2, 0) is 6.42 Å². The van der Waals surface area contributed by atoms with Gasteiger partial charge < -0.3 is 10.6 Å². The second kappa shape index (κ2) is 10.6. The van der Waals surface area contributed by atoms with Gasteiger partial charge >= 0.3 is 0 Å². The Kier molecular flexibility index (Phi) is 7.16. The molecule has 0 fully saturated rings. The van der Waals surface area contributed by atoms with Crippen molar-refractivity contribution in [2.24, 2.45) is 0 Å². The summed E-state index contributed by atoms with van der Waals surface area (Å²) in [5.41, 5.74) is 6.75. The SMILES string of the molecule is CC(C)c1cccc(-c2ccccc2C(=O)Nc2ccc(NCCc3ccccn3)cc2)c1. The van der Waals surface area contributed by atoms with Gasteiger partial charge in [0.05, 0.1) is 0 Å². The predicted octanol–water partition coefficient (Wildman–Crippen LogP) is 6.78. The van der Waals surface area contributed by atoms with Crippen LogP contribution >= 0.6 is 0 Å². The molecule has 4 heteroatoms. The molecule has 0 bridgehead atoms. The summed E-state index contributed by atoms with van der Waals surface area (Å²) in [6.07, 6.45) is 2.67. The molecule has 0 saturated carbocycles. The third-order valence-corrected chi connectivity index (χ3v) is 5.62. The number of carbonyl (C=O) groups excluding carboxylic acids is 1.